The molecule has 1 aromatic heterocycles. The van der Waals surface area contributed by atoms with Gasteiger partial charge in [0.1, 0.15) is 4.21 Å². The molecule has 1 heterocycles. The van der Waals surface area contributed by atoms with Crippen molar-refractivity contribution < 1.29 is 17.9 Å². The van der Waals surface area contributed by atoms with Gasteiger partial charge in [-0.2, -0.15) is 0 Å². The lowest BCUT2D eigenvalue weighted by molar-refractivity contribution is -0.135. The number of rotatable bonds is 5. The molecule has 4 nitrogen and oxygen atoms in total. The van der Waals surface area contributed by atoms with Gasteiger partial charge in [0.2, 0.25) is 0 Å². The number of hydrogen-bond donors (Lipinski definition) is 0. The molecule has 0 bridgehead atoms. The molecular weight excluding hydrogens is 308 g/mol. The third kappa shape index (κ3) is 4.03. The molecule has 6 heteroatoms. The molecule has 110 valence electrons. The van der Waals surface area contributed by atoms with E-state index in [1.54, 1.807) is 23.6 Å². The van der Waals surface area contributed by atoms with Crippen molar-refractivity contribution in [1.82, 2.24) is 0 Å². The number of sulfone groups is 1. The van der Waals surface area contributed by atoms with Crippen LogP contribution in [0.15, 0.2) is 57.6 Å². The maximum atomic E-state index is 12.3. The first-order valence-electron chi connectivity index (χ1n) is 6.13. The fraction of sp³-hybridized carbons (Fsp3) is 0.133. The molecule has 0 N–H and O–H groups in total. The Kier molecular flexibility index (Phi) is 4.93. The second-order valence-electron chi connectivity index (χ2n) is 4.26. The summed E-state index contributed by atoms with van der Waals surface area (Å²) in [6, 6.07) is 12.2. The largest absolute Gasteiger partial charge is 0.466 e. The van der Waals surface area contributed by atoms with Crippen LogP contribution >= 0.6 is 11.3 Å². The van der Waals surface area contributed by atoms with Crippen LogP contribution in [0.2, 0.25) is 0 Å². The Morgan fingerprint density at radius 2 is 1.90 bits per heavy atom. The van der Waals surface area contributed by atoms with Crippen molar-refractivity contribution in [2.45, 2.75) is 4.21 Å². The first-order valence-corrected chi connectivity index (χ1v) is 8.66. The van der Waals surface area contributed by atoms with Gasteiger partial charge in [0.15, 0.2) is 9.84 Å². The van der Waals surface area contributed by atoms with Crippen LogP contribution in [-0.4, -0.2) is 27.2 Å². The monoisotopic (exact) mass is 322 g/mol. The van der Waals surface area contributed by atoms with Crippen molar-refractivity contribution in [1.29, 1.82) is 0 Å². The summed E-state index contributed by atoms with van der Waals surface area (Å²) < 4.78 is 29.5. The lowest BCUT2D eigenvalue weighted by atomic mass is 10.1. The number of hydrogen-bond acceptors (Lipinski definition) is 5. The highest BCUT2D eigenvalue weighted by Crippen LogP contribution is 2.21. The summed E-state index contributed by atoms with van der Waals surface area (Å²) in [5.74, 6) is -1.02. The Hall–Kier alpha value is -1.92. The van der Waals surface area contributed by atoms with E-state index in [0.29, 0.717) is 0 Å². The SMILES string of the molecule is COC(=O)/C(=C/c1ccccc1)CS(=O)(=O)c1cccs1. The number of carbonyl (C=O) groups excluding carboxylic acids is 1. The second kappa shape index (κ2) is 6.69. The van der Waals surface area contributed by atoms with Crippen molar-refractivity contribution in [3.63, 3.8) is 0 Å². The minimum Gasteiger partial charge on any atom is -0.466 e. The minimum absolute atomic E-state index is 0.108. The molecular formula is C15H14O4S2. The van der Waals surface area contributed by atoms with Gasteiger partial charge >= 0.3 is 5.97 Å². The molecule has 0 saturated heterocycles. The molecule has 21 heavy (non-hydrogen) atoms. The molecule has 0 fully saturated rings. The molecule has 2 rings (SSSR count). The highest BCUT2D eigenvalue weighted by molar-refractivity contribution is 7.93. The Balaban J connectivity index is 2.35. The first-order chi connectivity index (χ1) is 10.0. The summed E-state index contributed by atoms with van der Waals surface area (Å²) in [5, 5.41) is 1.69. The molecule has 0 amide bonds. The smallest absolute Gasteiger partial charge is 0.334 e. The number of carbonyl (C=O) groups is 1. The normalized spacial score (nSPS) is 12.1. The van der Waals surface area contributed by atoms with E-state index in [1.165, 1.54) is 19.3 Å². The van der Waals surface area contributed by atoms with E-state index in [4.69, 9.17) is 0 Å². The average Bonchev–Trinajstić information content (AvgIpc) is 3.02. The zero-order valence-electron chi connectivity index (χ0n) is 11.4. The van der Waals surface area contributed by atoms with E-state index < -0.39 is 15.8 Å². The molecule has 0 atom stereocenters. The van der Waals surface area contributed by atoms with E-state index in [1.807, 2.05) is 18.2 Å². The number of ether oxygens (including phenoxy) is 1. The van der Waals surface area contributed by atoms with Gasteiger partial charge in [0.05, 0.1) is 18.4 Å². The molecule has 0 saturated carbocycles. The van der Waals surface area contributed by atoms with Crippen LogP contribution in [0.3, 0.4) is 0 Å². The third-order valence-corrected chi connectivity index (χ3v) is 5.89. The van der Waals surface area contributed by atoms with E-state index in [-0.39, 0.29) is 15.5 Å². The fourth-order valence-electron chi connectivity index (χ4n) is 1.76. The van der Waals surface area contributed by atoms with Crippen LogP contribution in [0.4, 0.5) is 0 Å². The van der Waals surface area contributed by atoms with Crippen LogP contribution in [0.25, 0.3) is 6.08 Å². The van der Waals surface area contributed by atoms with E-state index in [0.717, 1.165) is 16.9 Å². The highest BCUT2D eigenvalue weighted by Gasteiger charge is 2.22. The van der Waals surface area contributed by atoms with E-state index in [2.05, 4.69) is 4.74 Å². The maximum Gasteiger partial charge on any atom is 0.334 e. The second-order valence-corrected chi connectivity index (χ2v) is 7.43. The van der Waals surface area contributed by atoms with E-state index >= 15 is 0 Å². The minimum atomic E-state index is -3.54. The quantitative estimate of drug-likeness (QED) is 0.627. The molecule has 0 aliphatic heterocycles. The van der Waals surface area contributed by atoms with Crippen LogP contribution in [-0.2, 0) is 19.4 Å². The van der Waals surface area contributed by atoms with Gasteiger partial charge in [-0.1, -0.05) is 36.4 Å². The number of thiophene rings is 1. The lowest BCUT2D eigenvalue weighted by Gasteiger charge is -2.06. The van der Waals surface area contributed by atoms with Crippen LogP contribution in [0, 0.1) is 0 Å². The molecule has 1 aromatic carbocycles. The Morgan fingerprint density at radius 1 is 1.19 bits per heavy atom. The van der Waals surface area contributed by atoms with Gasteiger partial charge < -0.3 is 4.74 Å². The molecule has 0 aliphatic carbocycles. The summed E-state index contributed by atoms with van der Waals surface area (Å²) in [6.07, 6.45) is 1.54. The summed E-state index contributed by atoms with van der Waals surface area (Å²) in [5.41, 5.74) is 0.858. The zero-order chi connectivity index (χ0) is 15.3. The van der Waals surface area contributed by atoms with Gasteiger partial charge in [0.25, 0.3) is 0 Å². The van der Waals surface area contributed by atoms with Crippen molar-refractivity contribution in [2.24, 2.45) is 0 Å². The van der Waals surface area contributed by atoms with Crippen molar-refractivity contribution in [2.75, 3.05) is 12.9 Å². The van der Waals surface area contributed by atoms with Gasteiger partial charge in [-0.25, -0.2) is 13.2 Å². The standard InChI is InChI=1S/C15H14O4S2/c1-19-15(16)13(10-12-6-3-2-4-7-12)11-21(17,18)14-8-5-9-20-14/h2-10H,11H2,1H3/b13-10+. The summed E-state index contributed by atoms with van der Waals surface area (Å²) in [7, 11) is -2.31. The Bertz CT molecular complexity index is 729. The van der Waals surface area contributed by atoms with Crippen molar-refractivity contribution in [3.05, 3.63) is 59.0 Å². The number of benzene rings is 1. The first kappa shape index (κ1) is 15.5. The summed E-state index contributed by atoms with van der Waals surface area (Å²) >= 11 is 1.13. The Morgan fingerprint density at radius 3 is 2.48 bits per heavy atom. The zero-order valence-corrected chi connectivity index (χ0v) is 13.0. The van der Waals surface area contributed by atoms with Crippen LogP contribution in [0.1, 0.15) is 5.56 Å². The van der Waals surface area contributed by atoms with Crippen LogP contribution < -0.4 is 0 Å². The third-order valence-electron chi connectivity index (χ3n) is 2.74. The highest BCUT2D eigenvalue weighted by atomic mass is 32.2. The molecule has 0 spiro atoms. The maximum absolute atomic E-state index is 12.3. The molecule has 0 aliphatic rings. The molecule has 0 radical (unpaired) electrons. The summed E-state index contributed by atoms with van der Waals surface area (Å²) in [4.78, 5) is 11.8. The number of methoxy groups -OCH3 is 1. The van der Waals surface area contributed by atoms with Crippen molar-refractivity contribution >= 4 is 33.2 Å². The molecule has 0 unspecified atom stereocenters. The van der Waals surface area contributed by atoms with Crippen molar-refractivity contribution in [3.8, 4) is 0 Å². The van der Waals surface area contributed by atoms with Gasteiger partial charge in [-0.05, 0) is 23.1 Å². The fourth-order valence-corrected chi connectivity index (χ4v) is 4.17. The lowest BCUT2D eigenvalue weighted by Crippen LogP contribution is -2.15. The van der Waals surface area contributed by atoms with Crippen LogP contribution in [0.5, 0.6) is 0 Å². The molecule has 2 aromatic rings. The van der Waals surface area contributed by atoms with Gasteiger partial charge in [-0.3, -0.25) is 0 Å². The topological polar surface area (TPSA) is 60.4 Å². The Labute approximate surface area is 127 Å². The summed E-state index contributed by atoms with van der Waals surface area (Å²) in [6.45, 7) is 0. The number of esters is 1. The van der Waals surface area contributed by atoms with E-state index in [9.17, 15) is 13.2 Å². The predicted molar refractivity (Wildman–Crippen MR) is 82.8 cm³/mol. The van der Waals surface area contributed by atoms with Gasteiger partial charge in [0, 0.05) is 0 Å². The average molecular weight is 322 g/mol. The predicted octanol–water partition coefficient (Wildman–Crippen LogP) is 2.78. The van der Waals surface area contributed by atoms with Gasteiger partial charge in [-0.15, -0.1) is 11.3 Å².